The summed E-state index contributed by atoms with van der Waals surface area (Å²) in [5.41, 5.74) is 0.806. The zero-order valence-corrected chi connectivity index (χ0v) is 12.2. The molecule has 0 radical (unpaired) electrons. The van der Waals surface area contributed by atoms with E-state index in [1.54, 1.807) is 11.4 Å². The normalized spacial score (nSPS) is 11.5. The van der Waals surface area contributed by atoms with Gasteiger partial charge in [0.2, 0.25) is 0 Å². The summed E-state index contributed by atoms with van der Waals surface area (Å²) in [7, 11) is -3.54. The highest BCUT2D eigenvalue weighted by Crippen LogP contribution is 2.30. The van der Waals surface area contributed by atoms with Crippen LogP contribution in [0.5, 0.6) is 0 Å². The second-order valence-corrected chi connectivity index (χ2v) is 7.44. The van der Waals surface area contributed by atoms with Crippen molar-refractivity contribution in [2.45, 2.75) is 4.21 Å². The lowest BCUT2D eigenvalue weighted by molar-refractivity contribution is 0.601. The van der Waals surface area contributed by atoms with Crippen LogP contribution in [-0.4, -0.2) is 14.2 Å². The van der Waals surface area contributed by atoms with Crippen LogP contribution in [0.25, 0.3) is 5.57 Å². The van der Waals surface area contributed by atoms with Gasteiger partial charge in [-0.25, -0.2) is 12.8 Å². The minimum absolute atomic E-state index is 0.117. The van der Waals surface area contributed by atoms with Crippen molar-refractivity contribution < 1.29 is 12.8 Å². The molecule has 19 heavy (non-hydrogen) atoms. The van der Waals surface area contributed by atoms with Gasteiger partial charge >= 0.3 is 0 Å². The highest BCUT2D eigenvalue weighted by Gasteiger charge is 2.21. The van der Waals surface area contributed by atoms with Crippen molar-refractivity contribution in [2.75, 3.05) is 5.75 Å². The van der Waals surface area contributed by atoms with Gasteiger partial charge in [-0.3, -0.25) is 0 Å². The van der Waals surface area contributed by atoms with E-state index in [1.165, 1.54) is 24.3 Å². The number of sulfone groups is 1. The first-order chi connectivity index (χ1) is 8.90. The Balaban J connectivity index is 2.27. The number of benzene rings is 1. The standard InChI is InChI=1S/C13H10ClFO2S2/c1-9(10-3-2-4-11(15)7-10)8-19(16,17)13-12(14)5-6-18-13/h2-7H,1,8H2. The number of hydrogen-bond acceptors (Lipinski definition) is 3. The molecule has 0 fully saturated rings. The third-order valence-electron chi connectivity index (χ3n) is 2.46. The van der Waals surface area contributed by atoms with Crippen LogP contribution < -0.4 is 0 Å². The maximum atomic E-state index is 13.1. The van der Waals surface area contributed by atoms with Gasteiger partial charge in [-0.05, 0) is 34.7 Å². The smallest absolute Gasteiger partial charge is 0.193 e. The Kier molecular flexibility index (Phi) is 4.08. The van der Waals surface area contributed by atoms with Crippen LogP contribution >= 0.6 is 22.9 Å². The first-order valence-electron chi connectivity index (χ1n) is 5.29. The van der Waals surface area contributed by atoms with Crippen molar-refractivity contribution in [3.05, 3.63) is 58.7 Å². The molecule has 2 rings (SSSR count). The van der Waals surface area contributed by atoms with E-state index < -0.39 is 15.7 Å². The molecule has 1 aromatic carbocycles. The van der Waals surface area contributed by atoms with Crippen LogP contribution in [0.15, 0.2) is 46.5 Å². The molecular formula is C13H10ClFO2S2. The SMILES string of the molecule is C=C(CS(=O)(=O)c1sccc1Cl)c1cccc(F)c1. The molecule has 1 heterocycles. The maximum absolute atomic E-state index is 13.1. The van der Waals surface area contributed by atoms with E-state index in [4.69, 9.17) is 11.6 Å². The maximum Gasteiger partial charge on any atom is 0.193 e. The summed E-state index contributed by atoms with van der Waals surface area (Å²) in [6.07, 6.45) is 0. The zero-order chi connectivity index (χ0) is 14.0. The van der Waals surface area contributed by atoms with Gasteiger partial charge in [-0.1, -0.05) is 30.3 Å². The van der Waals surface area contributed by atoms with Crippen LogP contribution in [0.1, 0.15) is 5.56 Å². The summed E-state index contributed by atoms with van der Waals surface area (Å²) >= 11 is 6.88. The number of rotatable bonds is 4. The summed E-state index contributed by atoms with van der Waals surface area (Å²) in [5, 5.41) is 1.82. The van der Waals surface area contributed by atoms with Gasteiger partial charge in [0.1, 0.15) is 10.0 Å². The Bertz CT molecular complexity index is 720. The topological polar surface area (TPSA) is 34.1 Å². The molecule has 2 aromatic rings. The number of halogens is 2. The molecule has 6 heteroatoms. The molecule has 0 spiro atoms. The Morgan fingerprint density at radius 1 is 1.37 bits per heavy atom. The largest absolute Gasteiger partial charge is 0.222 e. The van der Waals surface area contributed by atoms with E-state index in [0.29, 0.717) is 11.1 Å². The van der Waals surface area contributed by atoms with Crippen LogP contribution in [0.4, 0.5) is 4.39 Å². The van der Waals surface area contributed by atoms with Crippen LogP contribution in [0, 0.1) is 5.82 Å². The number of hydrogen-bond donors (Lipinski definition) is 0. The zero-order valence-electron chi connectivity index (χ0n) is 9.77. The first-order valence-corrected chi connectivity index (χ1v) is 8.20. The minimum Gasteiger partial charge on any atom is -0.222 e. The van der Waals surface area contributed by atoms with Gasteiger partial charge in [0, 0.05) is 0 Å². The van der Waals surface area contributed by atoms with Gasteiger partial charge in [-0.2, -0.15) is 0 Å². The molecule has 0 unspecified atom stereocenters. The molecule has 0 aliphatic rings. The summed E-state index contributed by atoms with van der Waals surface area (Å²) in [4.78, 5) is 0. The fourth-order valence-electron chi connectivity index (χ4n) is 1.59. The predicted molar refractivity (Wildman–Crippen MR) is 76.8 cm³/mol. The molecule has 0 saturated carbocycles. The third kappa shape index (κ3) is 3.23. The van der Waals surface area contributed by atoms with Crippen molar-refractivity contribution >= 4 is 38.3 Å². The van der Waals surface area contributed by atoms with Crippen molar-refractivity contribution in [1.29, 1.82) is 0 Å². The summed E-state index contributed by atoms with van der Waals surface area (Å²) < 4.78 is 37.5. The fourth-order valence-corrected chi connectivity index (χ4v) is 4.77. The lowest BCUT2D eigenvalue weighted by Crippen LogP contribution is -2.07. The average molecular weight is 317 g/mol. The molecule has 1 aromatic heterocycles. The van der Waals surface area contributed by atoms with E-state index in [2.05, 4.69) is 6.58 Å². The fraction of sp³-hybridized carbons (Fsp3) is 0.0769. The van der Waals surface area contributed by atoms with E-state index >= 15 is 0 Å². The van der Waals surface area contributed by atoms with E-state index in [1.807, 2.05) is 0 Å². The predicted octanol–water partition coefficient (Wildman–Crippen LogP) is 4.03. The molecule has 0 N–H and O–H groups in total. The third-order valence-corrected chi connectivity index (χ3v) is 6.27. The quantitative estimate of drug-likeness (QED) is 0.853. The van der Waals surface area contributed by atoms with Gasteiger partial charge in [-0.15, -0.1) is 11.3 Å². The van der Waals surface area contributed by atoms with Crippen molar-refractivity contribution in [1.82, 2.24) is 0 Å². The van der Waals surface area contributed by atoms with Crippen LogP contribution in [-0.2, 0) is 9.84 Å². The van der Waals surface area contributed by atoms with Crippen molar-refractivity contribution in [3.63, 3.8) is 0 Å². The Morgan fingerprint density at radius 2 is 2.11 bits per heavy atom. The Labute approximate surface area is 120 Å². The highest BCUT2D eigenvalue weighted by molar-refractivity contribution is 7.94. The lowest BCUT2D eigenvalue weighted by atomic mass is 10.1. The molecule has 0 saturated heterocycles. The second kappa shape index (κ2) is 5.45. The molecule has 100 valence electrons. The summed E-state index contributed by atoms with van der Waals surface area (Å²) in [5.74, 6) is -0.707. The molecule has 0 amide bonds. The Morgan fingerprint density at radius 3 is 2.68 bits per heavy atom. The Hall–Kier alpha value is -1.17. The summed E-state index contributed by atoms with van der Waals surface area (Å²) in [6.45, 7) is 3.71. The lowest BCUT2D eigenvalue weighted by Gasteiger charge is -2.07. The molecule has 0 bridgehead atoms. The number of thiophene rings is 1. The molecule has 0 atom stereocenters. The molecular weight excluding hydrogens is 307 g/mol. The van der Waals surface area contributed by atoms with Gasteiger partial charge in [0.25, 0.3) is 0 Å². The monoisotopic (exact) mass is 316 g/mol. The van der Waals surface area contributed by atoms with Gasteiger partial charge in [0.05, 0.1) is 10.8 Å². The average Bonchev–Trinajstić information content (AvgIpc) is 2.75. The molecule has 0 aliphatic heterocycles. The van der Waals surface area contributed by atoms with E-state index in [-0.39, 0.29) is 15.0 Å². The van der Waals surface area contributed by atoms with Crippen molar-refractivity contribution in [3.8, 4) is 0 Å². The summed E-state index contributed by atoms with van der Waals surface area (Å²) in [6, 6.07) is 7.22. The van der Waals surface area contributed by atoms with Crippen LogP contribution in [0.2, 0.25) is 5.02 Å². The van der Waals surface area contributed by atoms with Crippen LogP contribution in [0.3, 0.4) is 0 Å². The van der Waals surface area contributed by atoms with E-state index in [9.17, 15) is 12.8 Å². The minimum atomic E-state index is -3.54. The molecule has 2 nitrogen and oxygen atoms in total. The highest BCUT2D eigenvalue weighted by atomic mass is 35.5. The second-order valence-electron chi connectivity index (χ2n) is 3.93. The van der Waals surface area contributed by atoms with Crippen molar-refractivity contribution in [2.24, 2.45) is 0 Å². The van der Waals surface area contributed by atoms with Gasteiger partial charge in [0.15, 0.2) is 9.84 Å². The van der Waals surface area contributed by atoms with E-state index in [0.717, 1.165) is 11.3 Å². The molecule has 0 aliphatic carbocycles. The first kappa shape index (κ1) is 14.2. The van der Waals surface area contributed by atoms with Gasteiger partial charge < -0.3 is 0 Å².